The minimum absolute atomic E-state index is 0.0775. The number of hydrogen-bond donors (Lipinski definition) is 1. The van der Waals surface area contributed by atoms with Crippen LogP contribution in [0.3, 0.4) is 0 Å². The summed E-state index contributed by atoms with van der Waals surface area (Å²) in [5.74, 6) is -1.63. The number of hydrogen-bond acceptors (Lipinski definition) is 6. The first-order valence-electron chi connectivity index (χ1n) is 7.20. The smallest absolute Gasteiger partial charge is 0.306 e. The van der Waals surface area contributed by atoms with E-state index < -0.39 is 34.2 Å². The first-order chi connectivity index (χ1) is 11.4. The van der Waals surface area contributed by atoms with Crippen LogP contribution in [-0.4, -0.2) is 32.7 Å². The predicted octanol–water partition coefficient (Wildman–Crippen LogP) is 1.18. The fourth-order valence-electron chi connectivity index (χ4n) is 2.18. The Morgan fingerprint density at radius 1 is 1.29 bits per heavy atom. The zero-order valence-electron chi connectivity index (χ0n) is 12.8. The Kier molecular flexibility index (Phi) is 5.71. The molecule has 126 valence electrons. The van der Waals surface area contributed by atoms with Gasteiger partial charge in [0.1, 0.15) is 0 Å². The molecular weight excluding hydrogens is 332 g/mol. The lowest BCUT2D eigenvalue weighted by atomic mass is 10.1. The van der Waals surface area contributed by atoms with Crippen molar-refractivity contribution in [2.75, 3.05) is 17.7 Å². The van der Waals surface area contributed by atoms with Gasteiger partial charge in [0.25, 0.3) is 5.91 Å². The molecule has 0 saturated carbocycles. The molecule has 1 atom stereocenters. The number of carbonyl (C=O) groups excluding carboxylic acids is 2. The molecule has 8 heteroatoms. The second kappa shape index (κ2) is 7.75. The maximum Gasteiger partial charge on any atom is 0.306 e. The molecule has 0 spiro atoms. The van der Waals surface area contributed by atoms with Crippen molar-refractivity contribution in [3.05, 3.63) is 41.3 Å². The molecule has 1 aromatic rings. The lowest BCUT2D eigenvalue weighted by Crippen LogP contribution is -2.22. The molecule has 0 fully saturated rings. The molecule has 0 saturated heterocycles. The standard InChI is InChI=1S/C16H16N2O5S/c17-7-5-12-1-3-14(4-2-12)18-15(19)10-23-16(20)9-13-6-8-24(21,22)11-13/h1-4,6,8,13H,5,9-11H2,(H,18,19). The van der Waals surface area contributed by atoms with Crippen LogP contribution in [0.5, 0.6) is 0 Å². The summed E-state index contributed by atoms with van der Waals surface area (Å²) in [6, 6.07) is 8.77. The van der Waals surface area contributed by atoms with E-state index in [1.165, 1.54) is 6.08 Å². The first-order valence-corrected chi connectivity index (χ1v) is 8.92. The molecule has 1 unspecified atom stereocenters. The number of allylic oxidation sites excluding steroid dienone is 1. The van der Waals surface area contributed by atoms with Gasteiger partial charge in [0.05, 0.1) is 24.7 Å². The van der Waals surface area contributed by atoms with E-state index in [9.17, 15) is 18.0 Å². The quantitative estimate of drug-likeness (QED) is 0.772. The van der Waals surface area contributed by atoms with Crippen LogP contribution < -0.4 is 5.32 Å². The number of nitrogens with zero attached hydrogens (tertiary/aromatic N) is 1. The van der Waals surface area contributed by atoms with E-state index >= 15 is 0 Å². The summed E-state index contributed by atoms with van der Waals surface area (Å²) in [5.41, 5.74) is 1.36. The van der Waals surface area contributed by atoms with Crippen molar-refractivity contribution in [1.29, 1.82) is 5.26 Å². The maximum absolute atomic E-state index is 11.7. The topological polar surface area (TPSA) is 113 Å². The van der Waals surface area contributed by atoms with Gasteiger partial charge in [-0.2, -0.15) is 5.26 Å². The Hall–Kier alpha value is -2.66. The van der Waals surface area contributed by atoms with Gasteiger partial charge in [-0.3, -0.25) is 9.59 Å². The highest BCUT2D eigenvalue weighted by atomic mass is 32.2. The third-order valence-corrected chi connectivity index (χ3v) is 4.78. The van der Waals surface area contributed by atoms with Crippen molar-refractivity contribution in [3.8, 4) is 6.07 Å². The van der Waals surface area contributed by atoms with Crippen LogP contribution in [0.1, 0.15) is 12.0 Å². The van der Waals surface area contributed by atoms with Gasteiger partial charge in [0, 0.05) is 17.0 Å². The van der Waals surface area contributed by atoms with Crippen molar-refractivity contribution in [2.24, 2.45) is 5.92 Å². The van der Waals surface area contributed by atoms with Gasteiger partial charge < -0.3 is 10.1 Å². The number of rotatable bonds is 6. The SMILES string of the molecule is N#CCc1ccc(NC(=O)COC(=O)CC2C=CS(=O)(=O)C2)cc1. The van der Waals surface area contributed by atoms with Crippen molar-refractivity contribution >= 4 is 27.4 Å². The van der Waals surface area contributed by atoms with E-state index in [2.05, 4.69) is 5.32 Å². The maximum atomic E-state index is 11.7. The molecule has 0 bridgehead atoms. The number of anilines is 1. The third-order valence-electron chi connectivity index (χ3n) is 3.32. The van der Waals surface area contributed by atoms with Crippen LogP contribution in [0.15, 0.2) is 35.7 Å². The summed E-state index contributed by atoms with van der Waals surface area (Å²) in [5, 5.41) is 12.2. The molecule has 1 heterocycles. The second-order valence-electron chi connectivity index (χ2n) is 5.36. The van der Waals surface area contributed by atoms with Crippen molar-refractivity contribution < 1.29 is 22.7 Å². The number of benzene rings is 1. The van der Waals surface area contributed by atoms with Gasteiger partial charge in [-0.1, -0.05) is 18.2 Å². The van der Waals surface area contributed by atoms with Crippen molar-refractivity contribution in [3.63, 3.8) is 0 Å². The number of nitrogens with one attached hydrogen (secondary N) is 1. The molecule has 1 aromatic carbocycles. The normalized spacial score (nSPS) is 17.9. The number of ether oxygens (including phenoxy) is 1. The van der Waals surface area contributed by atoms with Crippen LogP contribution in [0.25, 0.3) is 0 Å². The van der Waals surface area contributed by atoms with Crippen molar-refractivity contribution in [2.45, 2.75) is 12.8 Å². The van der Waals surface area contributed by atoms with Crippen LogP contribution in [0, 0.1) is 17.2 Å². The number of carbonyl (C=O) groups is 2. The van der Waals surface area contributed by atoms with Gasteiger partial charge in [-0.05, 0) is 17.7 Å². The molecule has 1 aliphatic rings. The predicted molar refractivity (Wildman–Crippen MR) is 86.4 cm³/mol. The van der Waals surface area contributed by atoms with Crippen LogP contribution in [-0.2, 0) is 30.6 Å². The molecule has 1 aliphatic heterocycles. The molecule has 2 rings (SSSR count). The average Bonchev–Trinajstić information content (AvgIpc) is 2.86. The van der Waals surface area contributed by atoms with E-state index in [1.807, 2.05) is 6.07 Å². The largest absolute Gasteiger partial charge is 0.456 e. The lowest BCUT2D eigenvalue weighted by molar-refractivity contribution is -0.147. The van der Waals surface area contributed by atoms with Gasteiger partial charge in [-0.25, -0.2) is 8.42 Å². The van der Waals surface area contributed by atoms with E-state index in [1.54, 1.807) is 24.3 Å². The Labute approximate surface area is 139 Å². The summed E-state index contributed by atoms with van der Waals surface area (Å²) in [7, 11) is -3.21. The number of nitriles is 1. The van der Waals surface area contributed by atoms with E-state index in [0.717, 1.165) is 11.0 Å². The Bertz CT molecular complexity index is 791. The Morgan fingerprint density at radius 2 is 2.00 bits per heavy atom. The molecular formula is C16H16N2O5S. The van der Waals surface area contributed by atoms with Gasteiger partial charge >= 0.3 is 5.97 Å². The zero-order valence-corrected chi connectivity index (χ0v) is 13.6. The van der Waals surface area contributed by atoms with Gasteiger partial charge in [-0.15, -0.1) is 0 Å². The Balaban J connectivity index is 1.74. The summed E-state index contributed by atoms with van der Waals surface area (Å²) >= 11 is 0. The number of amides is 1. The summed E-state index contributed by atoms with van der Waals surface area (Å²) in [6.45, 7) is -0.442. The molecule has 24 heavy (non-hydrogen) atoms. The number of esters is 1. The average molecular weight is 348 g/mol. The highest BCUT2D eigenvalue weighted by Gasteiger charge is 2.24. The van der Waals surface area contributed by atoms with Crippen LogP contribution in [0.2, 0.25) is 0 Å². The summed E-state index contributed by atoms with van der Waals surface area (Å²) in [4.78, 5) is 23.3. The van der Waals surface area contributed by atoms with Gasteiger partial charge in [0.2, 0.25) is 0 Å². The van der Waals surface area contributed by atoms with E-state index in [0.29, 0.717) is 5.69 Å². The van der Waals surface area contributed by atoms with Crippen LogP contribution >= 0.6 is 0 Å². The fraction of sp³-hybridized carbons (Fsp3) is 0.312. The highest BCUT2D eigenvalue weighted by molar-refractivity contribution is 7.94. The minimum Gasteiger partial charge on any atom is -0.456 e. The summed E-state index contributed by atoms with van der Waals surface area (Å²) in [6.07, 6.45) is 1.67. The second-order valence-corrected chi connectivity index (χ2v) is 7.29. The third kappa shape index (κ3) is 5.52. The van der Waals surface area contributed by atoms with E-state index in [-0.39, 0.29) is 18.6 Å². The molecule has 1 N–H and O–H groups in total. The molecule has 0 radical (unpaired) electrons. The Morgan fingerprint density at radius 3 is 2.58 bits per heavy atom. The fourth-order valence-corrected chi connectivity index (χ4v) is 3.58. The van der Waals surface area contributed by atoms with Crippen LogP contribution in [0.4, 0.5) is 5.69 Å². The van der Waals surface area contributed by atoms with Gasteiger partial charge in [0.15, 0.2) is 16.4 Å². The lowest BCUT2D eigenvalue weighted by Gasteiger charge is -2.08. The number of sulfone groups is 1. The molecule has 7 nitrogen and oxygen atoms in total. The van der Waals surface area contributed by atoms with E-state index in [4.69, 9.17) is 10.00 Å². The zero-order chi connectivity index (χ0) is 17.6. The monoisotopic (exact) mass is 348 g/mol. The molecule has 0 aliphatic carbocycles. The summed E-state index contributed by atoms with van der Waals surface area (Å²) < 4.78 is 27.3. The highest BCUT2D eigenvalue weighted by Crippen LogP contribution is 2.18. The minimum atomic E-state index is -3.21. The molecule has 0 aromatic heterocycles. The first kappa shape index (κ1) is 17.7. The molecule has 1 amide bonds. The van der Waals surface area contributed by atoms with Crippen molar-refractivity contribution in [1.82, 2.24) is 0 Å².